The number of benzene rings is 2. The van der Waals surface area contributed by atoms with Gasteiger partial charge in [0.2, 0.25) is 0 Å². The van der Waals surface area contributed by atoms with Gasteiger partial charge < -0.3 is 29.4 Å². The average Bonchev–Trinajstić information content (AvgIpc) is 3.71. The van der Waals surface area contributed by atoms with Crippen LogP contribution in [0.25, 0.3) is 10.9 Å². The summed E-state index contributed by atoms with van der Waals surface area (Å²) in [5.74, 6) is 0.0802. The van der Waals surface area contributed by atoms with E-state index < -0.39 is 47.0 Å². The molecular weight excluding hydrogens is 610 g/mol. The Bertz CT molecular complexity index is 1540. The molecule has 2 heterocycles. The number of alkyl carbamates (subject to hydrolysis) is 1. The fourth-order valence-electron chi connectivity index (χ4n) is 5.17. The molecule has 0 unspecified atom stereocenters. The highest BCUT2D eigenvalue weighted by atomic mass is 32.2. The minimum atomic E-state index is -4.37. The molecule has 2 aromatic carbocycles. The molecule has 2 aliphatic rings. The standard InChI is InChI=1S/C29H37N5O10S/c1-40-28(36)31-27-23-14-22(11-12-24(23)32-33-27)45(38,39)34(44-20-9-5-6-10-20)15-26(35)25(13-19-7-3-2-4-8-19)30-29(37)43-21-16-41-18-42-17-21/h2-4,7-8,11-12,14,20-21,25-26,35H,5-6,9-10,13,15-18H2,1H3,(H,30,37)(H2,31,32,33,36)/t25-,26+/m0/s1. The highest BCUT2D eigenvalue weighted by Gasteiger charge is 2.35. The maximum atomic E-state index is 14.1. The van der Waals surface area contributed by atoms with Crippen LogP contribution < -0.4 is 10.6 Å². The summed E-state index contributed by atoms with van der Waals surface area (Å²) in [6, 6.07) is 12.4. The van der Waals surface area contributed by atoms with Crippen molar-refractivity contribution in [3.05, 3.63) is 54.1 Å². The van der Waals surface area contributed by atoms with Crippen molar-refractivity contribution in [2.75, 3.05) is 39.0 Å². The third kappa shape index (κ3) is 8.47. The van der Waals surface area contributed by atoms with Gasteiger partial charge >= 0.3 is 12.2 Å². The van der Waals surface area contributed by atoms with E-state index >= 15 is 0 Å². The maximum Gasteiger partial charge on any atom is 0.412 e. The zero-order chi connectivity index (χ0) is 31.8. The Balaban J connectivity index is 1.40. The van der Waals surface area contributed by atoms with Crippen LogP contribution in [-0.4, -0.2) is 98.4 Å². The molecule has 45 heavy (non-hydrogen) atoms. The van der Waals surface area contributed by atoms with Crippen LogP contribution in [0.3, 0.4) is 0 Å². The lowest BCUT2D eigenvalue weighted by molar-refractivity contribution is -0.153. The number of carbonyl (C=O) groups excluding carboxylic acids is 2. The van der Waals surface area contributed by atoms with Crippen LogP contribution in [0.2, 0.25) is 0 Å². The molecule has 16 heteroatoms. The number of fused-ring (bicyclic) bond motifs is 1. The monoisotopic (exact) mass is 647 g/mol. The van der Waals surface area contributed by atoms with Crippen molar-refractivity contribution in [1.82, 2.24) is 20.0 Å². The molecular formula is C29H37N5O10S. The van der Waals surface area contributed by atoms with E-state index in [2.05, 4.69) is 25.6 Å². The van der Waals surface area contributed by atoms with Crippen molar-refractivity contribution in [2.45, 2.75) is 61.4 Å². The van der Waals surface area contributed by atoms with Gasteiger partial charge in [-0.05, 0) is 43.0 Å². The summed E-state index contributed by atoms with van der Waals surface area (Å²) in [4.78, 5) is 30.5. The van der Waals surface area contributed by atoms with Gasteiger partial charge in [-0.1, -0.05) is 47.6 Å². The van der Waals surface area contributed by atoms with Crippen LogP contribution in [-0.2, 0) is 40.2 Å². The number of rotatable bonds is 12. The number of methoxy groups -OCH3 is 1. The lowest BCUT2D eigenvalue weighted by Gasteiger charge is -2.31. The Morgan fingerprint density at radius 2 is 1.82 bits per heavy atom. The number of amides is 2. The SMILES string of the molecule is COC(=O)Nc1n[nH]c2ccc(S(=O)(=O)N(C[C@@H](O)[C@H](Cc3ccccc3)NC(=O)OC3COCOC3)OC3CCCC3)cc12. The average molecular weight is 648 g/mol. The van der Waals surface area contributed by atoms with Crippen LogP contribution >= 0.6 is 0 Å². The Kier molecular flexibility index (Phi) is 10.9. The first kappa shape index (κ1) is 32.6. The molecule has 4 N–H and O–H groups in total. The molecule has 2 fully saturated rings. The number of sulfonamides is 1. The number of hydrogen-bond acceptors (Lipinski definition) is 11. The molecule has 2 amide bonds. The van der Waals surface area contributed by atoms with Crippen molar-refractivity contribution >= 4 is 38.9 Å². The summed E-state index contributed by atoms with van der Waals surface area (Å²) in [5, 5.41) is 23.7. The number of hydroxylamine groups is 1. The Hall–Kier alpha value is -3.80. The second-order valence-electron chi connectivity index (χ2n) is 10.8. The van der Waals surface area contributed by atoms with Crippen molar-refractivity contribution < 1.29 is 46.9 Å². The lowest BCUT2D eigenvalue weighted by Crippen LogP contribution is -2.52. The Labute approximate surface area is 260 Å². The van der Waals surface area contributed by atoms with Gasteiger partial charge in [0.05, 0.1) is 55.5 Å². The fourth-order valence-corrected chi connectivity index (χ4v) is 6.50. The summed E-state index contributed by atoms with van der Waals surface area (Å²) in [6.07, 6.45) is -0.769. The van der Waals surface area contributed by atoms with E-state index in [9.17, 15) is 23.1 Å². The first-order valence-corrected chi connectivity index (χ1v) is 16.0. The molecule has 244 valence electrons. The summed E-state index contributed by atoms with van der Waals surface area (Å²) in [5.41, 5.74) is 1.27. The number of H-pyrrole nitrogens is 1. The second-order valence-corrected chi connectivity index (χ2v) is 12.6. The van der Waals surface area contributed by atoms with Crippen LogP contribution in [0, 0.1) is 0 Å². The van der Waals surface area contributed by atoms with E-state index in [4.69, 9.17) is 19.0 Å². The van der Waals surface area contributed by atoms with Crippen molar-refractivity contribution in [3.63, 3.8) is 0 Å². The van der Waals surface area contributed by atoms with E-state index in [0.717, 1.165) is 22.9 Å². The van der Waals surface area contributed by atoms with E-state index in [1.165, 1.54) is 25.3 Å². The molecule has 1 saturated carbocycles. The largest absolute Gasteiger partial charge is 0.453 e. The summed E-state index contributed by atoms with van der Waals surface area (Å²) in [6.45, 7) is -0.0569. The molecule has 15 nitrogen and oxygen atoms in total. The van der Waals surface area contributed by atoms with Gasteiger partial charge in [-0.25, -0.2) is 18.0 Å². The lowest BCUT2D eigenvalue weighted by atomic mass is 10.0. The minimum Gasteiger partial charge on any atom is -0.453 e. The van der Waals surface area contributed by atoms with E-state index in [-0.39, 0.29) is 43.2 Å². The fraction of sp³-hybridized carbons (Fsp3) is 0.483. The Morgan fingerprint density at radius 3 is 2.53 bits per heavy atom. The van der Waals surface area contributed by atoms with Gasteiger partial charge in [-0.3, -0.25) is 15.3 Å². The zero-order valence-corrected chi connectivity index (χ0v) is 25.5. The highest BCUT2D eigenvalue weighted by Crippen LogP contribution is 2.29. The van der Waals surface area contributed by atoms with Crippen LogP contribution in [0.5, 0.6) is 0 Å². The number of aliphatic hydroxyl groups is 1. The number of nitrogens with one attached hydrogen (secondary N) is 3. The molecule has 3 aromatic rings. The molecule has 1 aliphatic heterocycles. The highest BCUT2D eigenvalue weighted by molar-refractivity contribution is 7.89. The van der Waals surface area contributed by atoms with Crippen molar-refractivity contribution in [3.8, 4) is 0 Å². The zero-order valence-electron chi connectivity index (χ0n) is 24.7. The summed E-state index contributed by atoms with van der Waals surface area (Å²) >= 11 is 0. The topological polar surface area (TPSA) is 191 Å². The van der Waals surface area contributed by atoms with Gasteiger partial charge in [-0.15, -0.1) is 0 Å². The Morgan fingerprint density at radius 1 is 1.09 bits per heavy atom. The number of aromatic nitrogens is 2. The smallest absolute Gasteiger partial charge is 0.412 e. The quantitative estimate of drug-likeness (QED) is 0.211. The molecule has 0 radical (unpaired) electrons. The first-order valence-electron chi connectivity index (χ1n) is 14.6. The normalized spacial score (nSPS) is 17.7. The van der Waals surface area contributed by atoms with Gasteiger partial charge in [0.25, 0.3) is 10.0 Å². The number of aliphatic hydroxyl groups excluding tert-OH is 1. The van der Waals surface area contributed by atoms with E-state index in [0.29, 0.717) is 23.7 Å². The molecule has 0 spiro atoms. The second kappa shape index (κ2) is 15.0. The number of aromatic amines is 1. The number of ether oxygens (including phenoxy) is 4. The summed E-state index contributed by atoms with van der Waals surface area (Å²) < 4.78 is 49.4. The number of carbonyl (C=O) groups is 2. The van der Waals surface area contributed by atoms with Gasteiger partial charge in [-0.2, -0.15) is 5.10 Å². The van der Waals surface area contributed by atoms with E-state index in [1.54, 1.807) is 0 Å². The van der Waals surface area contributed by atoms with Crippen LogP contribution in [0.1, 0.15) is 31.2 Å². The van der Waals surface area contributed by atoms with Crippen LogP contribution in [0.15, 0.2) is 53.4 Å². The molecule has 1 aromatic heterocycles. The van der Waals surface area contributed by atoms with Gasteiger partial charge in [0, 0.05) is 5.39 Å². The molecule has 2 atom stereocenters. The number of anilines is 1. The third-order valence-corrected chi connectivity index (χ3v) is 9.15. The van der Waals surface area contributed by atoms with Crippen LogP contribution in [0.4, 0.5) is 15.4 Å². The molecule has 1 saturated heterocycles. The molecule has 0 bridgehead atoms. The first-order chi connectivity index (χ1) is 21.7. The molecule has 5 rings (SSSR count). The van der Waals surface area contributed by atoms with Crippen molar-refractivity contribution in [2.24, 2.45) is 0 Å². The molecule has 1 aliphatic carbocycles. The number of nitrogens with zero attached hydrogens (tertiary/aromatic N) is 2. The number of hydrogen-bond donors (Lipinski definition) is 4. The third-order valence-electron chi connectivity index (χ3n) is 7.53. The minimum absolute atomic E-state index is 0.0802. The predicted octanol–water partition coefficient (Wildman–Crippen LogP) is 2.68. The van der Waals surface area contributed by atoms with Gasteiger partial charge in [0.1, 0.15) is 6.79 Å². The van der Waals surface area contributed by atoms with Gasteiger partial charge in [0.15, 0.2) is 11.9 Å². The van der Waals surface area contributed by atoms with Crippen molar-refractivity contribution in [1.29, 1.82) is 0 Å². The maximum absolute atomic E-state index is 14.1. The summed E-state index contributed by atoms with van der Waals surface area (Å²) in [7, 11) is -3.18. The predicted molar refractivity (Wildman–Crippen MR) is 159 cm³/mol. The van der Waals surface area contributed by atoms with E-state index in [1.807, 2.05) is 30.3 Å².